The summed E-state index contributed by atoms with van der Waals surface area (Å²) in [5, 5.41) is 4.77. The standard InChI is InChI=1S/C12H13BrN2Se/c13-9-5-7-10(8-6-9)15-14-11-3-1-2-4-12(11)16-15/h5-8,12H,1-4H2. The Hall–Kier alpha value is -0.311. The molecule has 0 saturated heterocycles. The summed E-state index contributed by atoms with van der Waals surface area (Å²) in [5.41, 5.74) is 2.69. The number of benzene rings is 1. The van der Waals surface area contributed by atoms with E-state index in [1.54, 1.807) is 0 Å². The van der Waals surface area contributed by atoms with Crippen LogP contribution in [0.5, 0.6) is 0 Å². The minimum absolute atomic E-state index is 0.490. The molecule has 84 valence electrons. The van der Waals surface area contributed by atoms with Crippen molar-refractivity contribution >= 4 is 42.5 Å². The number of halogens is 1. The fourth-order valence-electron chi connectivity index (χ4n) is 2.14. The van der Waals surface area contributed by atoms with Crippen LogP contribution in [0, 0.1) is 0 Å². The third-order valence-electron chi connectivity index (χ3n) is 3.01. The summed E-state index contributed by atoms with van der Waals surface area (Å²) in [4.78, 5) is 0.782. The van der Waals surface area contributed by atoms with Crippen molar-refractivity contribution in [1.29, 1.82) is 0 Å². The van der Waals surface area contributed by atoms with Gasteiger partial charge >= 0.3 is 111 Å². The Morgan fingerprint density at radius 3 is 2.81 bits per heavy atom. The van der Waals surface area contributed by atoms with E-state index >= 15 is 0 Å². The molecule has 4 heteroatoms. The van der Waals surface area contributed by atoms with Gasteiger partial charge in [-0.3, -0.25) is 0 Å². The molecule has 0 bridgehead atoms. The van der Waals surface area contributed by atoms with Gasteiger partial charge in [0.1, 0.15) is 0 Å². The second-order valence-electron chi connectivity index (χ2n) is 4.18. The molecule has 0 amide bonds. The number of rotatable bonds is 1. The molecule has 2 nitrogen and oxygen atoms in total. The van der Waals surface area contributed by atoms with Gasteiger partial charge in [0, 0.05) is 0 Å². The van der Waals surface area contributed by atoms with Crippen molar-refractivity contribution in [3.63, 3.8) is 0 Å². The Morgan fingerprint density at radius 1 is 1.25 bits per heavy atom. The third-order valence-corrected chi connectivity index (χ3v) is 6.18. The minimum atomic E-state index is 0.490. The molecular weight excluding hydrogens is 331 g/mol. The molecule has 2 aliphatic rings. The first-order valence-corrected chi connectivity index (χ1v) is 8.17. The van der Waals surface area contributed by atoms with Crippen LogP contribution >= 0.6 is 15.9 Å². The molecule has 16 heavy (non-hydrogen) atoms. The van der Waals surface area contributed by atoms with Crippen LogP contribution in [0.2, 0.25) is 4.82 Å². The Labute approximate surface area is 111 Å². The molecule has 0 aromatic heterocycles. The van der Waals surface area contributed by atoms with Gasteiger partial charge in [-0.1, -0.05) is 0 Å². The second kappa shape index (κ2) is 4.52. The first-order chi connectivity index (χ1) is 7.83. The van der Waals surface area contributed by atoms with Crippen LogP contribution in [0.15, 0.2) is 33.8 Å². The van der Waals surface area contributed by atoms with Crippen LogP contribution in [0.1, 0.15) is 25.7 Å². The maximum absolute atomic E-state index is 4.77. The molecule has 1 unspecified atom stereocenters. The molecule has 1 fully saturated rings. The molecule has 1 aromatic carbocycles. The number of nitrogens with zero attached hydrogens (tertiary/aromatic N) is 2. The molecule has 1 atom stereocenters. The second-order valence-corrected chi connectivity index (χ2v) is 7.46. The number of fused-ring (bicyclic) bond motifs is 1. The summed E-state index contributed by atoms with van der Waals surface area (Å²) in [6, 6.07) is 8.47. The van der Waals surface area contributed by atoms with E-state index < -0.39 is 0 Å². The summed E-state index contributed by atoms with van der Waals surface area (Å²) < 4.78 is 3.36. The van der Waals surface area contributed by atoms with Crippen LogP contribution in [-0.2, 0) is 0 Å². The number of anilines is 1. The number of hydrazone groups is 1. The molecule has 0 N–H and O–H groups in total. The molecule has 1 aliphatic heterocycles. The van der Waals surface area contributed by atoms with Crippen molar-refractivity contribution in [2.24, 2.45) is 5.10 Å². The molecule has 1 heterocycles. The normalized spacial score (nSPS) is 24.2. The fourth-order valence-corrected chi connectivity index (χ4v) is 4.91. The molecule has 1 aromatic rings. The Bertz CT molecular complexity index is 416. The van der Waals surface area contributed by atoms with Crippen LogP contribution in [-0.4, -0.2) is 20.9 Å². The maximum atomic E-state index is 4.77. The molecule has 0 radical (unpaired) electrons. The monoisotopic (exact) mass is 344 g/mol. The fraction of sp³-hybridized carbons (Fsp3) is 0.417. The Balaban J connectivity index is 1.82. The zero-order valence-electron chi connectivity index (χ0n) is 8.90. The van der Waals surface area contributed by atoms with Gasteiger partial charge in [-0.25, -0.2) is 0 Å². The van der Waals surface area contributed by atoms with Gasteiger partial charge in [0.2, 0.25) is 0 Å². The summed E-state index contributed by atoms with van der Waals surface area (Å²) >= 11 is 3.96. The van der Waals surface area contributed by atoms with E-state index in [0.29, 0.717) is 15.2 Å². The molecular formula is C12H13BrN2Se. The summed E-state index contributed by atoms with van der Waals surface area (Å²) in [6.45, 7) is 0. The van der Waals surface area contributed by atoms with Gasteiger partial charge in [-0.05, 0) is 0 Å². The third kappa shape index (κ3) is 2.06. The number of hydrogen-bond acceptors (Lipinski definition) is 2. The van der Waals surface area contributed by atoms with Crippen molar-refractivity contribution in [2.45, 2.75) is 30.5 Å². The van der Waals surface area contributed by atoms with Gasteiger partial charge in [0.25, 0.3) is 0 Å². The van der Waals surface area contributed by atoms with Crippen LogP contribution in [0.25, 0.3) is 0 Å². The van der Waals surface area contributed by atoms with E-state index in [1.807, 2.05) is 0 Å². The molecule has 1 aliphatic carbocycles. The van der Waals surface area contributed by atoms with Gasteiger partial charge < -0.3 is 0 Å². The molecule has 3 rings (SSSR count). The van der Waals surface area contributed by atoms with E-state index in [4.69, 9.17) is 5.10 Å². The van der Waals surface area contributed by atoms with Crippen LogP contribution in [0.3, 0.4) is 0 Å². The van der Waals surface area contributed by atoms with E-state index in [0.717, 1.165) is 9.29 Å². The Kier molecular flexibility index (Phi) is 3.05. The van der Waals surface area contributed by atoms with Gasteiger partial charge in [-0.15, -0.1) is 0 Å². The topological polar surface area (TPSA) is 15.6 Å². The molecule has 0 spiro atoms. The Morgan fingerprint density at radius 2 is 2.06 bits per heavy atom. The van der Waals surface area contributed by atoms with E-state index in [-0.39, 0.29) is 0 Å². The zero-order chi connectivity index (χ0) is 11.0. The van der Waals surface area contributed by atoms with E-state index in [1.165, 1.54) is 37.1 Å². The predicted molar refractivity (Wildman–Crippen MR) is 72.0 cm³/mol. The van der Waals surface area contributed by atoms with Crippen LogP contribution < -0.4 is 4.03 Å². The van der Waals surface area contributed by atoms with Crippen molar-refractivity contribution in [1.82, 2.24) is 0 Å². The zero-order valence-corrected chi connectivity index (χ0v) is 12.2. The van der Waals surface area contributed by atoms with E-state index in [2.05, 4.69) is 44.2 Å². The van der Waals surface area contributed by atoms with Gasteiger partial charge in [0.05, 0.1) is 0 Å². The average molecular weight is 344 g/mol. The predicted octanol–water partition coefficient (Wildman–Crippen LogP) is 3.61. The SMILES string of the molecule is Brc1ccc(N2N=C3CCCCC3[Se]2)cc1. The quantitative estimate of drug-likeness (QED) is 0.711. The van der Waals surface area contributed by atoms with Gasteiger partial charge in [-0.2, -0.15) is 0 Å². The average Bonchev–Trinajstić information content (AvgIpc) is 2.73. The summed E-state index contributed by atoms with van der Waals surface area (Å²) in [5.74, 6) is 0. The number of hydrogen-bond donors (Lipinski definition) is 0. The van der Waals surface area contributed by atoms with Crippen molar-refractivity contribution < 1.29 is 0 Å². The first kappa shape index (κ1) is 10.8. The van der Waals surface area contributed by atoms with Crippen LogP contribution in [0.4, 0.5) is 5.69 Å². The van der Waals surface area contributed by atoms with Crippen molar-refractivity contribution in [3.05, 3.63) is 28.7 Å². The van der Waals surface area contributed by atoms with E-state index in [9.17, 15) is 0 Å². The van der Waals surface area contributed by atoms with Crippen molar-refractivity contribution in [3.8, 4) is 0 Å². The summed E-state index contributed by atoms with van der Waals surface area (Å²) in [7, 11) is 0. The molecule has 1 saturated carbocycles. The van der Waals surface area contributed by atoms with Gasteiger partial charge in [0.15, 0.2) is 0 Å². The first-order valence-electron chi connectivity index (χ1n) is 5.63. The summed E-state index contributed by atoms with van der Waals surface area (Å²) in [6.07, 6.45) is 5.30. The van der Waals surface area contributed by atoms with Crippen molar-refractivity contribution in [2.75, 3.05) is 4.03 Å².